The van der Waals surface area contributed by atoms with Crippen molar-refractivity contribution in [2.75, 3.05) is 19.3 Å². The normalized spacial score (nSPS) is 25.4. The molecule has 1 heterocycles. The lowest BCUT2D eigenvalue weighted by Crippen LogP contribution is -2.53. The van der Waals surface area contributed by atoms with Crippen molar-refractivity contribution in [2.45, 2.75) is 62.9 Å². The van der Waals surface area contributed by atoms with Crippen LogP contribution in [-0.4, -0.2) is 50.2 Å². The van der Waals surface area contributed by atoms with E-state index in [-0.39, 0.29) is 17.5 Å². The zero-order chi connectivity index (χ0) is 15.5. The number of hydrogen-bond acceptors (Lipinski definition) is 4. The van der Waals surface area contributed by atoms with Crippen molar-refractivity contribution in [3.8, 4) is 0 Å². The molecule has 0 aromatic heterocycles. The van der Waals surface area contributed by atoms with Gasteiger partial charge in [0.2, 0.25) is 15.9 Å². The fourth-order valence-electron chi connectivity index (χ4n) is 3.25. The third kappa shape index (κ3) is 4.93. The summed E-state index contributed by atoms with van der Waals surface area (Å²) in [5.41, 5.74) is 5.89. The van der Waals surface area contributed by atoms with Gasteiger partial charge in [-0.05, 0) is 44.9 Å². The SMILES string of the molecule is CS(=O)(=O)NCCC1CCCCN1C(=O)CC1(N)CCC1. The quantitative estimate of drug-likeness (QED) is 0.749. The van der Waals surface area contributed by atoms with Crippen molar-refractivity contribution >= 4 is 15.9 Å². The summed E-state index contributed by atoms with van der Waals surface area (Å²) in [6, 6.07) is 0.143. The Kier molecular flexibility index (Phi) is 5.27. The predicted molar refractivity (Wildman–Crippen MR) is 82.2 cm³/mol. The Morgan fingerprint density at radius 1 is 1.33 bits per heavy atom. The molecule has 1 atom stereocenters. The molecule has 2 rings (SSSR count). The molecule has 0 spiro atoms. The Morgan fingerprint density at radius 3 is 2.62 bits per heavy atom. The summed E-state index contributed by atoms with van der Waals surface area (Å²) in [6.45, 7) is 1.17. The minimum atomic E-state index is -3.16. The van der Waals surface area contributed by atoms with Crippen molar-refractivity contribution in [1.29, 1.82) is 0 Å². The number of likely N-dealkylation sites (tertiary alicyclic amines) is 1. The Hall–Kier alpha value is -0.660. The number of nitrogens with two attached hydrogens (primary N) is 1. The molecule has 1 unspecified atom stereocenters. The lowest BCUT2D eigenvalue weighted by atomic mass is 9.75. The Morgan fingerprint density at radius 2 is 2.05 bits per heavy atom. The molecule has 21 heavy (non-hydrogen) atoms. The van der Waals surface area contributed by atoms with Gasteiger partial charge in [0.15, 0.2) is 0 Å². The van der Waals surface area contributed by atoms with E-state index >= 15 is 0 Å². The van der Waals surface area contributed by atoms with Gasteiger partial charge in [0.25, 0.3) is 0 Å². The standard InChI is InChI=1S/C14H27N3O3S/c1-21(19,20)16-9-6-12-5-2-3-10-17(12)13(18)11-14(15)7-4-8-14/h12,16H,2-11,15H2,1H3. The highest BCUT2D eigenvalue weighted by atomic mass is 32.2. The molecule has 2 aliphatic rings. The Labute approximate surface area is 127 Å². The lowest BCUT2D eigenvalue weighted by Gasteiger charge is -2.42. The van der Waals surface area contributed by atoms with Crippen LogP contribution in [-0.2, 0) is 14.8 Å². The van der Waals surface area contributed by atoms with Gasteiger partial charge >= 0.3 is 0 Å². The third-order valence-corrected chi connectivity index (χ3v) is 5.37. The summed E-state index contributed by atoms with van der Waals surface area (Å²) in [5.74, 6) is 0.140. The van der Waals surface area contributed by atoms with Crippen LogP contribution in [0, 0.1) is 0 Å². The van der Waals surface area contributed by atoms with E-state index in [2.05, 4.69) is 4.72 Å². The predicted octanol–water partition coefficient (Wildman–Crippen LogP) is 0.578. The zero-order valence-corrected chi connectivity index (χ0v) is 13.6. The van der Waals surface area contributed by atoms with Crippen LogP contribution in [0.1, 0.15) is 51.4 Å². The fraction of sp³-hybridized carbons (Fsp3) is 0.929. The molecule has 1 saturated heterocycles. The minimum Gasteiger partial charge on any atom is -0.340 e. The van der Waals surface area contributed by atoms with Crippen molar-refractivity contribution in [3.05, 3.63) is 0 Å². The number of hydrogen-bond donors (Lipinski definition) is 2. The number of sulfonamides is 1. The van der Waals surface area contributed by atoms with Crippen LogP contribution in [0.2, 0.25) is 0 Å². The highest BCUT2D eigenvalue weighted by Crippen LogP contribution is 2.33. The van der Waals surface area contributed by atoms with E-state index in [9.17, 15) is 13.2 Å². The molecule has 3 N–H and O–H groups in total. The maximum Gasteiger partial charge on any atom is 0.224 e. The molecule has 6 nitrogen and oxygen atoms in total. The van der Waals surface area contributed by atoms with E-state index in [1.807, 2.05) is 4.90 Å². The summed E-state index contributed by atoms with van der Waals surface area (Å²) in [4.78, 5) is 14.4. The second-order valence-electron chi connectivity index (χ2n) is 6.58. The van der Waals surface area contributed by atoms with E-state index in [1.54, 1.807) is 0 Å². The largest absolute Gasteiger partial charge is 0.340 e. The van der Waals surface area contributed by atoms with Gasteiger partial charge in [-0.3, -0.25) is 4.79 Å². The molecule has 0 aromatic carbocycles. The molecule has 1 aliphatic heterocycles. The van der Waals surface area contributed by atoms with E-state index in [4.69, 9.17) is 5.73 Å². The van der Waals surface area contributed by atoms with Crippen molar-refractivity contribution in [1.82, 2.24) is 9.62 Å². The van der Waals surface area contributed by atoms with Gasteiger partial charge in [0.1, 0.15) is 0 Å². The van der Waals surface area contributed by atoms with Gasteiger partial charge in [-0.2, -0.15) is 0 Å². The second kappa shape index (κ2) is 6.62. The monoisotopic (exact) mass is 317 g/mol. The summed E-state index contributed by atoms with van der Waals surface area (Å²) in [6.07, 6.45) is 8.34. The third-order valence-electron chi connectivity index (χ3n) is 4.64. The van der Waals surface area contributed by atoms with Gasteiger partial charge in [-0.15, -0.1) is 0 Å². The summed E-state index contributed by atoms with van der Waals surface area (Å²) in [7, 11) is -3.16. The lowest BCUT2D eigenvalue weighted by molar-refractivity contribution is -0.137. The van der Waals surface area contributed by atoms with Crippen LogP contribution in [0.4, 0.5) is 0 Å². The average Bonchev–Trinajstić information content (AvgIpc) is 2.36. The molecule has 0 bridgehead atoms. The maximum atomic E-state index is 12.5. The second-order valence-corrected chi connectivity index (χ2v) is 8.42. The van der Waals surface area contributed by atoms with E-state index in [0.717, 1.165) is 51.3 Å². The zero-order valence-electron chi connectivity index (χ0n) is 12.8. The maximum absolute atomic E-state index is 12.5. The van der Waals surface area contributed by atoms with Crippen LogP contribution in [0.15, 0.2) is 0 Å². The molecular weight excluding hydrogens is 290 g/mol. The number of amides is 1. The van der Waals surface area contributed by atoms with Gasteiger partial charge in [-0.1, -0.05) is 0 Å². The van der Waals surface area contributed by atoms with Crippen molar-refractivity contribution < 1.29 is 13.2 Å². The molecule has 122 valence electrons. The smallest absolute Gasteiger partial charge is 0.224 e. The number of nitrogens with zero attached hydrogens (tertiary/aromatic N) is 1. The van der Waals surface area contributed by atoms with E-state index in [0.29, 0.717) is 19.4 Å². The van der Waals surface area contributed by atoms with Crippen LogP contribution < -0.4 is 10.5 Å². The molecule has 1 saturated carbocycles. The first kappa shape index (κ1) is 16.7. The molecule has 0 aromatic rings. The first-order valence-corrected chi connectivity index (χ1v) is 9.71. The van der Waals surface area contributed by atoms with Crippen LogP contribution in [0.5, 0.6) is 0 Å². The number of nitrogens with one attached hydrogen (secondary N) is 1. The average molecular weight is 317 g/mol. The molecule has 2 fully saturated rings. The minimum absolute atomic E-state index is 0.140. The molecule has 0 radical (unpaired) electrons. The molecule has 1 aliphatic carbocycles. The van der Waals surface area contributed by atoms with Gasteiger partial charge in [0.05, 0.1) is 6.26 Å². The fourth-order valence-corrected chi connectivity index (χ4v) is 3.74. The topological polar surface area (TPSA) is 92.5 Å². The Bertz CT molecular complexity index is 474. The van der Waals surface area contributed by atoms with Crippen molar-refractivity contribution in [2.24, 2.45) is 5.73 Å². The van der Waals surface area contributed by atoms with Crippen LogP contribution in [0.3, 0.4) is 0 Å². The summed E-state index contributed by atoms with van der Waals surface area (Å²) >= 11 is 0. The number of rotatable bonds is 6. The highest BCUT2D eigenvalue weighted by Gasteiger charge is 2.37. The first-order chi connectivity index (χ1) is 9.79. The van der Waals surface area contributed by atoms with Gasteiger partial charge in [-0.25, -0.2) is 13.1 Å². The highest BCUT2D eigenvalue weighted by molar-refractivity contribution is 7.88. The van der Waals surface area contributed by atoms with E-state index in [1.165, 1.54) is 0 Å². The summed E-state index contributed by atoms with van der Waals surface area (Å²) in [5, 5.41) is 0. The van der Waals surface area contributed by atoms with Crippen LogP contribution >= 0.6 is 0 Å². The van der Waals surface area contributed by atoms with Gasteiger partial charge in [0, 0.05) is 31.1 Å². The van der Waals surface area contributed by atoms with Crippen LogP contribution in [0.25, 0.3) is 0 Å². The molecule has 1 amide bonds. The molecule has 7 heteroatoms. The summed E-state index contributed by atoms with van der Waals surface area (Å²) < 4.78 is 24.7. The number of carbonyl (C=O) groups is 1. The van der Waals surface area contributed by atoms with Crippen molar-refractivity contribution in [3.63, 3.8) is 0 Å². The Balaban J connectivity index is 1.87. The van der Waals surface area contributed by atoms with Gasteiger partial charge < -0.3 is 10.6 Å². The van der Waals surface area contributed by atoms with E-state index < -0.39 is 10.0 Å². The first-order valence-electron chi connectivity index (χ1n) is 7.82. The number of carbonyl (C=O) groups excluding carboxylic acids is 1. The molecular formula is C14H27N3O3S. The number of piperidine rings is 1.